The molecule has 0 amide bonds. The number of aryl methyl sites for hydroxylation is 2. The highest BCUT2D eigenvalue weighted by Crippen LogP contribution is 2.14. The van der Waals surface area contributed by atoms with Crippen molar-refractivity contribution in [3.05, 3.63) is 48.0 Å². The average molecular weight is 259 g/mol. The van der Waals surface area contributed by atoms with Crippen molar-refractivity contribution in [3.63, 3.8) is 0 Å². The van der Waals surface area contributed by atoms with E-state index in [1.165, 1.54) is 5.56 Å². The smallest absolute Gasteiger partial charge is 0.119 e. The molecule has 1 heterocycles. The van der Waals surface area contributed by atoms with Crippen LogP contribution in [0.2, 0.25) is 0 Å². The van der Waals surface area contributed by atoms with Crippen LogP contribution in [-0.2, 0) is 19.9 Å². The zero-order chi connectivity index (χ0) is 13.7. The lowest BCUT2D eigenvalue weighted by Gasteiger charge is -2.12. The number of methoxy groups -OCH3 is 1. The van der Waals surface area contributed by atoms with Crippen molar-refractivity contribution in [2.24, 2.45) is 12.8 Å². The molecule has 2 N–H and O–H groups in total. The van der Waals surface area contributed by atoms with Gasteiger partial charge < -0.3 is 15.0 Å². The first-order chi connectivity index (χ1) is 9.19. The Balaban J connectivity index is 1.87. The predicted molar refractivity (Wildman–Crippen MR) is 76.2 cm³/mol. The summed E-state index contributed by atoms with van der Waals surface area (Å²) in [4.78, 5) is 4.31. The molecule has 0 aliphatic carbocycles. The fraction of sp³-hybridized carbons (Fsp3) is 0.400. The van der Waals surface area contributed by atoms with Gasteiger partial charge in [0.1, 0.15) is 11.6 Å². The fourth-order valence-electron chi connectivity index (χ4n) is 2.16. The van der Waals surface area contributed by atoms with Gasteiger partial charge in [-0.3, -0.25) is 0 Å². The van der Waals surface area contributed by atoms with E-state index in [2.05, 4.69) is 11.1 Å². The van der Waals surface area contributed by atoms with E-state index in [-0.39, 0.29) is 6.04 Å². The van der Waals surface area contributed by atoms with Crippen LogP contribution in [0, 0.1) is 0 Å². The minimum atomic E-state index is 0.142. The number of imidazole rings is 1. The quantitative estimate of drug-likeness (QED) is 0.862. The maximum Gasteiger partial charge on any atom is 0.119 e. The first-order valence-electron chi connectivity index (χ1n) is 6.53. The van der Waals surface area contributed by atoms with Crippen LogP contribution in [0.5, 0.6) is 5.75 Å². The van der Waals surface area contributed by atoms with Crippen LogP contribution in [0.3, 0.4) is 0 Å². The third-order valence-electron chi connectivity index (χ3n) is 3.29. The Kier molecular flexibility index (Phi) is 4.58. The first-order valence-corrected chi connectivity index (χ1v) is 6.53. The number of hydrogen-bond acceptors (Lipinski definition) is 3. The van der Waals surface area contributed by atoms with Crippen molar-refractivity contribution >= 4 is 0 Å². The second kappa shape index (κ2) is 6.38. The van der Waals surface area contributed by atoms with Crippen LogP contribution in [0.15, 0.2) is 36.7 Å². The molecule has 0 bridgehead atoms. The molecule has 0 spiro atoms. The number of hydrogen-bond donors (Lipinski definition) is 1. The highest BCUT2D eigenvalue weighted by atomic mass is 16.5. The summed E-state index contributed by atoms with van der Waals surface area (Å²) >= 11 is 0. The van der Waals surface area contributed by atoms with Gasteiger partial charge in [-0.05, 0) is 30.5 Å². The molecule has 102 valence electrons. The average Bonchev–Trinajstić information content (AvgIpc) is 2.82. The monoisotopic (exact) mass is 259 g/mol. The van der Waals surface area contributed by atoms with Gasteiger partial charge in [0, 0.05) is 31.9 Å². The molecule has 0 saturated carbocycles. The largest absolute Gasteiger partial charge is 0.497 e. The van der Waals surface area contributed by atoms with E-state index in [0.29, 0.717) is 0 Å². The van der Waals surface area contributed by atoms with E-state index < -0.39 is 0 Å². The summed E-state index contributed by atoms with van der Waals surface area (Å²) in [5.41, 5.74) is 7.40. The summed E-state index contributed by atoms with van der Waals surface area (Å²) in [5.74, 6) is 1.97. The van der Waals surface area contributed by atoms with Gasteiger partial charge in [0.25, 0.3) is 0 Å². The minimum absolute atomic E-state index is 0.142. The van der Waals surface area contributed by atoms with Crippen molar-refractivity contribution in [1.29, 1.82) is 0 Å². The lowest BCUT2D eigenvalue weighted by atomic mass is 10.0. The molecular weight excluding hydrogens is 238 g/mol. The first kappa shape index (κ1) is 13.6. The topological polar surface area (TPSA) is 53.1 Å². The number of benzene rings is 1. The maximum atomic E-state index is 6.19. The van der Waals surface area contributed by atoms with Gasteiger partial charge in [0.15, 0.2) is 0 Å². The van der Waals surface area contributed by atoms with Crippen LogP contribution in [0.4, 0.5) is 0 Å². The van der Waals surface area contributed by atoms with Gasteiger partial charge in [-0.2, -0.15) is 0 Å². The number of nitrogens with zero attached hydrogens (tertiary/aromatic N) is 2. The summed E-state index contributed by atoms with van der Waals surface area (Å²) in [6, 6.07) is 8.22. The summed E-state index contributed by atoms with van der Waals surface area (Å²) in [6.07, 6.45) is 6.49. The Morgan fingerprint density at radius 1 is 1.42 bits per heavy atom. The third kappa shape index (κ3) is 3.83. The molecule has 0 aliphatic rings. The van der Waals surface area contributed by atoms with Crippen molar-refractivity contribution in [2.75, 3.05) is 7.11 Å². The molecule has 1 aromatic heterocycles. The zero-order valence-corrected chi connectivity index (χ0v) is 11.5. The van der Waals surface area contributed by atoms with Gasteiger partial charge in [-0.1, -0.05) is 12.1 Å². The number of ether oxygens (including phenoxy) is 1. The summed E-state index contributed by atoms with van der Waals surface area (Å²) in [5, 5.41) is 0. The molecule has 0 saturated heterocycles. The molecule has 1 aromatic carbocycles. The van der Waals surface area contributed by atoms with Crippen molar-refractivity contribution in [3.8, 4) is 5.75 Å². The second-order valence-corrected chi connectivity index (χ2v) is 4.81. The summed E-state index contributed by atoms with van der Waals surface area (Å²) in [6.45, 7) is 0. The fourth-order valence-corrected chi connectivity index (χ4v) is 2.16. The zero-order valence-electron chi connectivity index (χ0n) is 11.5. The Morgan fingerprint density at radius 3 is 2.95 bits per heavy atom. The molecule has 2 rings (SSSR count). The molecule has 4 nitrogen and oxygen atoms in total. The Morgan fingerprint density at radius 2 is 2.26 bits per heavy atom. The maximum absolute atomic E-state index is 6.19. The molecule has 1 atom stereocenters. The van der Waals surface area contributed by atoms with Crippen molar-refractivity contribution in [2.45, 2.75) is 25.3 Å². The van der Waals surface area contributed by atoms with Crippen LogP contribution in [0.25, 0.3) is 0 Å². The third-order valence-corrected chi connectivity index (χ3v) is 3.29. The molecule has 2 aromatic rings. The van der Waals surface area contributed by atoms with Gasteiger partial charge >= 0.3 is 0 Å². The van der Waals surface area contributed by atoms with E-state index in [1.807, 2.05) is 42.2 Å². The molecular formula is C15H21N3O. The lowest BCUT2D eigenvalue weighted by Crippen LogP contribution is -2.24. The molecule has 1 unspecified atom stereocenters. The molecule has 0 fully saturated rings. The second-order valence-electron chi connectivity index (χ2n) is 4.81. The van der Waals surface area contributed by atoms with Crippen LogP contribution in [0.1, 0.15) is 17.8 Å². The minimum Gasteiger partial charge on any atom is -0.497 e. The molecule has 0 aliphatic heterocycles. The standard InChI is InChI=1S/C15H21N3O/c1-18-9-8-17-15(18)7-6-13(16)10-12-4-3-5-14(11-12)19-2/h3-5,8-9,11,13H,6-7,10,16H2,1-2H3. The summed E-state index contributed by atoms with van der Waals surface area (Å²) in [7, 11) is 3.69. The molecule has 19 heavy (non-hydrogen) atoms. The van der Waals surface area contributed by atoms with E-state index in [1.54, 1.807) is 7.11 Å². The van der Waals surface area contributed by atoms with E-state index in [0.717, 1.165) is 30.8 Å². The number of rotatable bonds is 6. The van der Waals surface area contributed by atoms with E-state index >= 15 is 0 Å². The Bertz CT molecular complexity index is 522. The van der Waals surface area contributed by atoms with Crippen molar-refractivity contribution in [1.82, 2.24) is 9.55 Å². The highest BCUT2D eigenvalue weighted by Gasteiger charge is 2.07. The Hall–Kier alpha value is -1.81. The van der Waals surface area contributed by atoms with Crippen LogP contribution >= 0.6 is 0 Å². The van der Waals surface area contributed by atoms with Gasteiger partial charge in [-0.15, -0.1) is 0 Å². The van der Waals surface area contributed by atoms with Crippen LogP contribution in [-0.4, -0.2) is 22.7 Å². The van der Waals surface area contributed by atoms with E-state index in [9.17, 15) is 0 Å². The van der Waals surface area contributed by atoms with Gasteiger partial charge in [-0.25, -0.2) is 4.98 Å². The van der Waals surface area contributed by atoms with E-state index in [4.69, 9.17) is 10.5 Å². The van der Waals surface area contributed by atoms with Crippen LogP contribution < -0.4 is 10.5 Å². The van der Waals surface area contributed by atoms with Gasteiger partial charge in [0.05, 0.1) is 7.11 Å². The normalized spacial score (nSPS) is 12.4. The predicted octanol–water partition coefficient (Wildman–Crippen LogP) is 1.93. The highest BCUT2D eigenvalue weighted by molar-refractivity contribution is 5.28. The van der Waals surface area contributed by atoms with Gasteiger partial charge in [0.2, 0.25) is 0 Å². The van der Waals surface area contributed by atoms with Crippen molar-refractivity contribution < 1.29 is 4.74 Å². The number of nitrogens with two attached hydrogens (primary N) is 1. The molecule has 0 radical (unpaired) electrons. The lowest BCUT2D eigenvalue weighted by molar-refractivity contribution is 0.414. The number of aromatic nitrogens is 2. The SMILES string of the molecule is COc1cccc(CC(N)CCc2nccn2C)c1. The molecule has 4 heteroatoms. The Labute approximate surface area is 114 Å². The summed E-state index contributed by atoms with van der Waals surface area (Å²) < 4.78 is 7.26.